The summed E-state index contributed by atoms with van der Waals surface area (Å²) in [5.41, 5.74) is 5.26. The number of hydrogen-bond acceptors (Lipinski definition) is 5. The highest BCUT2D eigenvalue weighted by Crippen LogP contribution is 2.25. The summed E-state index contributed by atoms with van der Waals surface area (Å²) < 4.78 is 7.10. The predicted molar refractivity (Wildman–Crippen MR) is 117 cm³/mol. The monoisotopic (exact) mass is 398 g/mol. The van der Waals surface area contributed by atoms with Gasteiger partial charge in [0, 0.05) is 47.5 Å². The van der Waals surface area contributed by atoms with Gasteiger partial charge in [0.25, 0.3) is 0 Å². The summed E-state index contributed by atoms with van der Waals surface area (Å²) in [4.78, 5) is 16.0. The Morgan fingerprint density at radius 1 is 1.03 bits per heavy atom. The zero-order valence-corrected chi connectivity index (χ0v) is 16.9. The number of hydrogen-bond donors (Lipinski definition) is 1. The van der Waals surface area contributed by atoms with E-state index in [9.17, 15) is 4.79 Å². The van der Waals surface area contributed by atoms with Crippen LogP contribution in [-0.2, 0) is 6.54 Å². The van der Waals surface area contributed by atoms with Crippen LogP contribution in [0.15, 0.2) is 79.3 Å². The van der Waals surface area contributed by atoms with Crippen molar-refractivity contribution in [2.24, 2.45) is 0 Å². The number of aromatic nitrogens is 3. The van der Waals surface area contributed by atoms with E-state index in [1.165, 1.54) is 0 Å². The van der Waals surface area contributed by atoms with Crippen molar-refractivity contribution in [2.45, 2.75) is 13.5 Å². The fraction of sp³-hybridized carbons (Fsp3) is 0.125. The van der Waals surface area contributed by atoms with Gasteiger partial charge in [-0.1, -0.05) is 12.1 Å². The van der Waals surface area contributed by atoms with E-state index >= 15 is 0 Å². The fourth-order valence-electron chi connectivity index (χ4n) is 3.29. The number of benzene rings is 2. The minimum Gasteiger partial charge on any atom is -0.497 e. The molecule has 0 amide bonds. The molecule has 0 bridgehead atoms. The van der Waals surface area contributed by atoms with Gasteiger partial charge in [0.05, 0.1) is 18.5 Å². The Labute approximate surface area is 175 Å². The SMILES string of the molecule is COc1ccc(-n2cc(CNc3ccccc3C(C)=O)c(-c3ccncc3)n2)cc1. The third-order valence-electron chi connectivity index (χ3n) is 4.86. The average molecular weight is 398 g/mol. The number of ketones is 1. The van der Waals surface area contributed by atoms with Crippen molar-refractivity contribution < 1.29 is 9.53 Å². The zero-order chi connectivity index (χ0) is 20.9. The molecule has 6 heteroatoms. The number of nitrogens with zero attached hydrogens (tertiary/aromatic N) is 3. The second-order valence-electron chi connectivity index (χ2n) is 6.84. The molecule has 0 aliphatic carbocycles. The largest absolute Gasteiger partial charge is 0.497 e. The number of Topliss-reactive ketones (excluding diaryl/α,β-unsaturated/α-hetero) is 1. The summed E-state index contributed by atoms with van der Waals surface area (Å²) in [6, 6.07) is 19.1. The van der Waals surface area contributed by atoms with Crippen molar-refractivity contribution in [3.8, 4) is 22.7 Å². The topological polar surface area (TPSA) is 69.0 Å². The van der Waals surface area contributed by atoms with Crippen LogP contribution in [0, 0.1) is 0 Å². The molecule has 0 spiro atoms. The first-order chi connectivity index (χ1) is 14.7. The van der Waals surface area contributed by atoms with E-state index in [1.54, 1.807) is 26.4 Å². The fourth-order valence-corrected chi connectivity index (χ4v) is 3.29. The predicted octanol–water partition coefficient (Wildman–Crippen LogP) is 4.76. The molecule has 0 atom stereocenters. The molecule has 0 saturated heterocycles. The molecule has 30 heavy (non-hydrogen) atoms. The van der Waals surface area contributed by atoms with Crippen molar-refractivity contribution in [1.82, 2.24) is 14.8 Å². The first-order valence-electron chi connectivity index (χ1n) is 9.63. The van der Waals surface area contributed by atoms with Crippen molar-refractivity contribution in [3.05, 3.63) is 90.4 Å². The van der Waals surface area contributed by atoms with Gasteiger partial charge >= 0.3 is 0 Å². The summed E-state index contributed by atoms with van der Waals surface area (Å²) >= 11 is 0. The Kier molecular flexibility index (Phi) is 5.57. The van der Waals surface area contributed by atoms with Gasteiger partial charge in [0.2, 0.25) is 0 Å². The smallest absolute Gasteiger partial charge is 0.161 e. The molecular formula is C24H22N4O2. The van der Waals surface area contributed by atoms with Gasteiger partial charge in [-0.3, -0.25) is 9.78 Å². The van der Waals surface area contributed by atoms with Crippen molar-refractivity contribution in [1.29, 1.82) is 0 Å². The van der Waals surface area contributed by atoms with E-state index in [1.807, 2.05) is 71.5 Å². The van der Waals surface area contributed by atoms with Crippen LogP contribution in [0.4, 0.5) is 5.69 Å². The maximum absolute atomic E-state index is 11.9. The van der Waals surface area contributed by atoms with Gasteiger partial charge in [-0.2, -0.15) is 5.10 Å². The van der Waals surface area contributed by atoms with Gasteiger partial charge in [-0.05, 0) is 55.5 Å². The van der Waals surface area contributed by atoms with Gasteiger partial charge in [0.1, 0.15) is 5.75 Å². The lowest BCUT2D eigenvalue weighted by molar-refractivity contribution is 0.101. The van der Waals surface area contributed by atoms with E-state index in [4.69, 9.17) is 9.84 Å². The van der Waals surface area contributed by atoms with Gasteiger partial charge in [-0.15, -0.1) is 0 Å². The second-order valence-corrected chi connectivity index (χ2v) is 6.84. The van der Waals surface area contributed by atoms with Gasteiger partial charge in [0.15, 0.2) is 5.78 Å². The molecule has 4 aromatic rings. The number of nitrogens with one attached hydrogen (secondary N) is 1. The number of ether oxygens (including phenoxy) is 1. The van der Waals surface area contributed by atoms with Crippen LogP contribution in [-0.4, -0.2) is 27.7 Å². The Balaban J connectivity index is 1.69. The molecule has 0 aliphatic heterocycles. The number of para-hydroxylation sites is 1. The van der Waals surface area contributed by atoms with Gasteiger partial charge in [-0.25, -0.2) is 4.68 Å². The summed E-state index contributed by atoms with van der Waals surface area (Å²) in [5, 5.41) is 8.21. The van der Waals surface area contributed by atoms with Crippen LogP contribution in [0.25, 0.3) is 16.9 Å². The van der Waals surface area contributed by atoms with Crippen molar-refractivity contribution >= 4 is 11.5 Å². The third kappa shape index (κ3) is 4.07. The highest BCUT2D eigenvalue weighted by Gasteiger charge is 2.14. The number of carbonyl (C=O) groups is 1. The first-order valence-corrected chi connectivity index (χ1v) is 9.63. The van der Waals surface area contributed by atoms with Crippen LogP contribution < -0.4 is 10.1 Å². The summed E-state index contributed by atoms with van der Waals surface area (Å²) in [7, 11) is 1.65. The highest BCUT2D eigenvalue weighted by atomic mass is 16.5. The van der Waals surface area contributed by atoms with Crippen LogP contribution in [0.1, 0.15) is 22.8 Å². The van der Waals surface area contributed by atoms with Gasteiger partial charge < -0.3 is 10.1 Å². The molecule has 4 rings (SSSR count). The number of rotatable bonds is 7. The molecule has 0 saturated carbocycles. The molecule has 150 valence electrons. The highest BCUT2D eigenvalue weighted by molar-refractivity contribution is 5.99. The van der Waals surface area contributed by atoms with Crippen LogP contribution in [0.3, 0.4) is 0 Å². The molecule has 6 nitrogen and oxygen atoms in total. The molecule has 0 radical (unpaired) electrons. The van der Waals surface area contributed by atoms with E-state index in [0.29, 0.717) is 12.1 Å². The number of pyridine rings is 1. The molecule has 0 fully saturated rings. The lowest BCUT2D eigenvalue weighted by Crippen LogP contribution is -2.05. The van der Waals surface area contributed by atoms with E-state index in [-0.39, 0.29) is 5.78 Å². The molecule has 2 heterocycles. The Bertz CT molecular complexity index is 1150. The number of anilines is 1. The van der Waals surface area contributed by atoms with Crippen molar-refractivity contribution in [2.75, 3.05) is 12.4 Å². The Hall–Kier alpha value is -3.93. The maximum atomic E-state index is 11.9. The van der Waals surface area contributed by atoms with E-state index in [0.717, 1.165) is 33.9 Å². The average Bonchev–Trinajstić information content (AvgIpc) is 3.22. The van der Waals surface area contributed by atoms with E-state index in [2.05, 4.69) is 10.3 Å². The molecular weight excluding hydrogens is 376 g/mol. The number of methoxy groups -OCH3 is 1. The Morgan fingerprint density at radius 3 is 2.47 bits per heavy atom. The minimum atomic E-state index is 0.0291. The van der Waals surface area contributed by atoms with E-state index < -0.39 is 0 Å². The zero-order valence-electron chi connectivity index (χ0n) is 16.9. The van der Waals surface area contributed by atoms with Crippen LogP contribution in [0.5, 0.6) is 5.75 Å². The molecule has 0 aliphatic rings. The minimum absolute atomic E-state index is 0.0291. The van der Waals surface area contributed by atoms with Crippen molar-refractivity contribution in [3.63, 3.8) is 0 Å². The maximum Gasteiger partial charge on any atom is 0.161 e. The van der Waals surface area contributed by atoms with Crippen LogP contribution in [0.2, 0.25) is 0 Å². The normalized spacial score (nSPS) is 10.6. The molecule has 1 N–H and O–H groups in total. The summed E-state index contributed by atoms with van der Waals surface area (Å²) in [6.45, 7) is 2.10. The lowest BCUT2D eigenvalue weighted by Gasteiger charge is -2.10. The number of carbonyl (C=O) groups excluding carboxylic acids is 1. The standard InChI is InChI=1S/C24H22N4O2/c1-17(29)22-5-3-4-6-23(22)26-15-19-16-28(20-7-9-21(30-2)10-8-20)27-24(19)18-11-13-25-14-12-18/h3-14,16,26H,15H2,1-2H3. The Morgan fingerprint density at radius 2 is 1.77 bits per heavy atom. The molecule has 0 unspecified atom stereocenters. The summed E-state index contributed by atoms with van der Waals surface area (Å²) in [6.07, 6.45) is 5.51. The quantitative estimate of drug-likeness (QED) is 0.455. The third-order valence-corrected chi connectivity index (χ3v) is 4.86. The molecule has 2 aromatic carbocycles. The second kappa shape index (κ2) is 8.61. The van der Waals surface area contributed by atoms with Crippen LogP contribution >= 0.6 is 0 Å². The summed E-state index contributed by atoms with van der Waals surface area (Å²) in [5.74, 6) is 0.823. The first kappa shape index (κ1) is 19.4. The molecule has 2 aromatic heterocycles. The lowest BCUT2D eigenvalue weighted by atomic mass is 10.1.